The number of aliphatic imine (C=N–C) groups is 1. The van der Waals surface area contributed by atoms with Crippen LogP contribution in [0, 0.1) is 6.92 Å². The molecule has 0 bridgehead atoms. The molecule has 1 aromatic heterocycles. The van der Waals surface area contributed by atoms with E-state index in [1.807, 2.05) is 25.1 Å². The first-order valence-electron chi connectivity index (χ1n) is 4.53. The molecule has 0 N–H and O–H groups in total. The number of hydrogen-bond acceptors (Lipinski definition) is 3. The molecule has 0 spiro atoms. The van der Waals surface area contributed by atoms with Gasteiger partial charge in [-0.3, -0.25) is 4.99 Å². The van der Waals surface area contributed by atoms with Crippen LogP contribution >= 0.6 is 0 Å². The molecule has 1 aromatic rings. The third-order valence-electron chi connectivity index (χ3n) is 2.30. The van der Waals surface area contributed by atoms with Crippen molar-refractivity contribution in [2.75, 3.05) is 0 Å². The summed E-state index contributed by atoms with van der Waals surface area (Å²) in [7, 11) is 0. The summed E-state index contributed by atoms with van der Waals surface area (Å²) in [5.41, 5.74) is 0.696. The Bertz CT molecular complexity index is 397. The normalized spacial score (nSPS) is 25.3. The van der Waals surface area contributed by atoms with E-state index >= 15 is 0 Å². The zero-order chi connectivity index (χ0) is 10.0. The fourth-order valence-electron chi connectivity index (χ4n) is 1.39. The lowest BCUT2D eigenvalue weighted by Crippen LogP contribution is -2.15. The quantitative estimate of drug-likeness (QED) is 0.678. The van der Waals surface area contributed by atoms with Gasteiger partial charge in [0.2, 0.25) is 0 Å². The number of hydrogen-bond donors (Lipinski definition) is 0. The topological polar surface area (TPSA) is 38.4 Å². The minimum Gasteiger partial charge on any atom is -0.361 e. The first-order chi connectivity index (χ1) is 6.71. The van der Waals surface area contributed by atoms with E-state index in [1.54, 1.807) is 12.4 Å². The maximum atomic E-state index is 5.07. The van der Waals surface area contributed by atoms with Crippen LogP contribution in [0.4, 0.5) is 0 Å². The second-order valence-electron chi connectivity index (χ2n) is 3.58. The first kappa shape index (κ1) is 8.94. The van der Waals surface area contributed by atoms with Gasteiger partial charge in [-0.1, -0.05) is 17.3 Å². The number of nitrogens with zero attached hydrogens (tertiary/aromatic N) is 2. The van der Waals surface area contributed by atoms with Crippen LogP contribution in [-0.4, -0.2) is 11.4 Å². The summed E-state index contributed by atoms with van der Waals surface area (Å²) in [6, 6.07) is 1.94. The van der Waals surface area contributed by atoms with Gasteiger partial charge < -0.3 is 4.52 Å². The van der Waals surface area contributed by atoms with E-state index in [4.69, 9.17) is 4.52 Å². The van der Waals surface area contributed by atoms with Crippen molar-refractivity contribution in [2.24, 2.45) is 4.99 Å². The summed E-state index contributed by atoms with van der Waals surface area (Å²) < 4.78 is 5.07. The Hall–Kier alpha value is -1.64. The van der Waals surface area contributed by atoms with Crippen molar-refractivity contribution in [1.29, 1.82) is 0 Å². The average Bonchev–Trinajstić information content (AvgIpc) is 2.47. The summed E-state index contributed by atoms with van der Waals surface area (Å²) in [5.74, 6) is 0.827. The van der Waals surface area contributed by atoms with Crippen LogP contribution in [0.5, 0.6) is 0 Å². The Morgan fingerprint density at radius 1 is 1.36 bits per heavy atom. The number of rotatable bonds is 1. The molecule has 1 aliphatic heterocycles. The van der Waals surface area contributed by atoms with Crippen LogP contribution < -0.4 is 0 Å². The highest BCUT2D eigenvalue weighted by Gasteiger charge is 2.24. The van der Waals surface area contributed by atoms with Gasteiger partial charge in [-0.15, -0.1) is 0 Å². The molecule has 72 valence electrons. The molecule has 3 nitrogen and oxygen atoms in total. The molecule has 1 atom stereocenters. The molecular formula is C11H12N2O. The minimum atomic E-state index is -0.214. The molecule has 0 radical (unpaired) electrons. The van der Waals surface area contributed by atoms with Gasteiger partial charge in [-0.25, -0.2) is 0 Å². The van der Waals surface area contributed by atoms with Gasteiger partial charge >= 0.3 is 0 Å². The highest BCUT2D eigenvalue weighted by atomic mass is 16.5. The third kappa shape index (κ3) is 1.53. The Kier molecular flexibility index (Phi) is 2.08. The summed E-state index contributed by atoms with van der Waals surface area (Å²) >= 11 is 0. The fraction of sp³-hybridized carbons (Fsp3) is 0.273. The van der Waals surface area contributed by atoms with E-state index in [1.165, 1.54) is 0 Å². The summed E-state index contributed by atoms with van der Waals surface area (Å²) in [6.45, 7) is 3.96. The van der Waals surface area contributed by atoms with E-state index in [2.05, 4.69) is 23.1 Å². The molecular weight excluding hydrogens is 176 g/mol. The molecule has 0 saturated carbocycles. The molecule has 3 heteroatoms. The van der Waals surface area contributed by atoms with E-state index in [0.29, 0.717) is 0 Å². The van der Waals surface area contributed by atoms with Crippen LogP contribution in [-0.2, 0) is 5.41 Å². The Morgan fingerprint density at radius 3 is 2.93 bits per heavy atom. The van der Waals surface area contributed by atoms with Crippen molar-refractivity contribution in [2.45, 2.75) is 19.3 Å². The smallest absolute Gasteiger partial charge is 0.133 e. The monoisotopic (exact) mass is 188 g/mol. The molecule has 2 heterocycles. The van der Waals surface area contributed by atoms with Crippen molar-refractivity contribution in [3.63, 3.8) is 0 Å². The van der Waals surface area contributed by atoms with E-state index in [9.17, 15) is 0 Å². The lowest BCUT2D eigenvalue weighted by atomic mass is 9.86. The highest BCUT2D eigenvalue weighted by Crippen LogP contribution is 2.27. The molecule has 14 heavy (non-hydrogen) atoms. The predicted octanol–water partition coefficient (Wildman–Crippen LogP) is 2.40. The van der Waals surface area contributed by atoms with Crippen molar-refractivity contribution in [3.8, 4) is 0 Å². The Balaban J connectivity index is 2.41. The van der Waals surface area contributed by atoms with Gasteiger partial charge in [0.1, 0.15) is 5.76 Å². The zero-order valence-corrected chi connectivity index (χ0v) is 8.27. The maximum absolute atomic E-state index is 5.07. The molecule has 0 aliphatic carbocycles. The Morgan fingerprint density at radius 2 is 2.21 bits per heavy atom. The van der Waals surface area contributed by atoms with Crippen molar-refractivity contribution >= 4 is 6.21 Å². The van der Waals surface area contributed by atoms with Crippen molar-refractivity contribution in [1.82, 2.24) is 5.16 Å². The number of aryl methyl sites for hydroxylation is 1. The molecule has 1 aliphatic rings. The highest BCUT2D eigenvalue weighted by molar-refractivity contribution is 5.73. The van der Waals surface area contributed by atoms with E-state index < -0.39 is 0 Å². The Labute approximate surface area is 82.8 Å². The first-order valence-corrected chi connectivity index (χ1v) is 4.53. The standard InChI is InChI=1S/C11H12N2O/c1-9-8-10(13-14-9)11(2)4-3-6-12-7-5-11/h3-8H,1-2H3. The minimum absolute atomic E-state index is 0.214. The summed E-state index contributed by atoms with van der Waals surface area (Å²) in [4.78, 5) is 4.05. The zero-order valence-electron chi connectivity index (χ0n) is 8.27. The van der Waals surface area contributed by atoms with Gasteiger partial charge in [-0.2, -0.15) is 0 Å². The SMILES string of the molecule is Cc1cc(C2(C)C=CC=NC=C2)no1. The van der Waals surface area contributed by atoms with E-state index in [0.717, 1.165) is 11.5 Å². The molecule has 0 fully saturated rings. The van der Waals surface area contributed by atoms with Crippen LogP contribution in [0.2, 0.25) is 0 Å². The van der Waals surface area contributed by atoms with Gasteiger partial charge in [0, 0.05) is 18.5 Å². The third-order valence-corrected chi connectivity index (χ3v) is 2.30. The van der Waals surface area contributed by atoms with Gasteiger partial charge in [-0.05, 0) is 19.9 Å². The second-order valence-corrected chi connectivity index (χ2v) is 3.58. The molecule has 2 rings (SSSR count). The molecule has 0 saturated heterocycles. The lowest BCUT2D eigenvalue weighted by Gasteiger charge is -2.16. The van der Waals surface area contributed by atoms with Gasteiger partial charge in [0.15, 0.2) is 0 Å². The number of aromatic nitrogens is 1. The summed E-state index contributed by atoms with van der Waals surface area (Å²) in [6.07, 6.45) is 9.52. The van der Waals surface area contributed by atoms with Crippen LogP contribution in [0.3, 0.4) is 0 Å². The summed E-state index contributed by atoms with van der Waals surface area (Å²) in [5, 5.41) is 4.02. The van der Waals surface area contributed by atoms with E-state index in [-0.39, 0.29) is 5.41 Å². The van der Waals surface area contributed by atoms with Crippen molar-refractivity contribution in [3.05, 3.63) is 41.9 Å². The maximum Gasteiger partial charge on any atom is 0.133 e. The van der Waals surface area contributed by atoms with Crippen LogP contribution in [0.25, 0.3) is 0 Å². The average molecular weight is 188 g/mol. The second kappa shape index (κ2) is 3.25. The number of allylic oxidation sites excluding steroid dienone is 3. The largest absolute Gasteiger partial charge is 0.361 e. The van der Waals surface area contributed by atoms with Gasteiger partial charge in [0.05, 0.1) is 11.1 Å². The molecule has 1 unspecified atom stereocenters. The lowest BCUT2D eigenvalue weighted by molar-refractivity contribution is 0.384. The molecule has 0 aromatic carbocycles. The fourth-order valence-corrected chi connectivity index (χ4v) is 1.39. The predicted molar refractivity (Wildman–Crippen MR) is 55.4 cm³/mol. The van der Waals surface area contributed by atoms with Gasteiger partial charge in [0.25, 0.3) is 0 Å². The van der Waals surface area contributed by atoms with Crippen LogP contribution in [0.15, 0.2) is 40.0 Å². The van der Waals surface area contributed by atoms with Crippen molar-refractivity contribution < 1.29 is 4.52 Å². The molecule has 0 amide bonds. The van der Waals surface area contributed by atoms with Crippen LogP contribution in [0.1, 0.15) is 18.4 Å².